The fourth-order valence-corrected chi connectivity index (χ4v) is 23.7. The van der Waals surface area contributed by atoms with Gasteiger partial charge in [0.15, 0.2) is 5.60 Å². The van der Waals surface area contributed by atoms with Gasteiger partial charge in [0.2, 0.25) is 10.7 Å². The first-order valence-corrected chi connectivity index (χ1v) is 42.0. The smallest absolute Gasteiger partial charge is 0.340 e. The Morgan fingerprint density at radius 2 is 0.712 bits per heavy atom. The molecule has 558 valence electrons. The van der Waals surface area contributed by atoms with E-state index in [2.05, 4.69) is 71.2 Å². The van der Waals surface area contributed by atoms with Crippen LogP contribution in [0.15, 0.2) is 109 Å². The number of carboxylic acids is 2. The number of esters is 1. The quantitative estimate of drug-likeness (QED) is 0.132. The molecule has 16 aliphatic rings. The van der Waals surface area contributed by atoms with E-state index in [1.54, 1.807) is 18.2 Å². The second-order valence-corrected chi connectivity index (χ2v) is 34.0. The predicted octanol–water partition coefficient (Wildman–Crippen LogP) is 12.0. The summed E-state index contributed by atoms with van der Waals surface area (Å²) in [6.45, 7) is 13.3. The standard InChI is InChI=1S/3C32H30N2O3/c35-31-21-9-1-2-12-24(21)32(37-31)25-17-19-7-3-13-33-15-5-10-22(27(19)33)29(25)36-30-23-11-6-16-34-14-4-8-20(28(23)34)18-26(30)32;2*35-32(36)22-10-2-1-9-21(22)27-25-17-19-7-3-13-33-15-5-11-23(28(19)33)30(25)37-31-24-12-6-16-34-14-4-8-20(29(24)34)18-26(27)31/h1-2,9,12,17-18H,3-8,10-11,13-16H2;2*1-2,9-10,17-18H,3-8,11-16H2/p+1. The summed E-state index contributed by atoms with van der Waals surface area (Å²) in [4.78, 5) is 48.5. The van der Waals surface area contributed by atoms with Crippen molar-refractivity contribution in [1.29, 1.82) is 0 Å². The van der Waals surface area contributed by atoms with Gasteiger partial charge < -0.3 is 53.6 Å². The van der Waals surface area contributed by atoms with Crippen molar-refractivity contribution in [1.82, 2.24) is 9.15 Å². The van der Waals surface area contributed by atoms with Gasteiger partial charge >= 0.3 is 11.9 Å². The Morgan fingerprint density at radius 3 is 1.15 bits per heavy atom. The number of fused-ring (bicyclic) bond motifs is 16. The van der Waals surface area contributed by atoms with E-state index in [1.165, 1.54) is 113 Å². The van der Waals surface area contributed by atoms with Crippen LogP contribution in [0.3, 0.4) is 0 Å². The Hall–Kier alpha value is -10.7. The van der Waals surface area contributed by atoms with E-state index < -0.39 is 17.5 Å². The van der Waals surface area contributed by atoms with E-state index in [0.717, 1.165) is 315 Å². The molecule has 15 heteroatoms. The number of nitrogens with zero attached hydrogens (tertiary/aromatic N) is 6. The maximum Gasteiger partial charge on any atom is 0.340 e. The normalized spacial score (nSPS) is 19.7. The summed E-state index contributed by atoms with van der Waals surface area (Å²) in [6.07, 6.45) is 26.1. The van der Waals surface area contributed by atoms with Crippen molar-refractivity contribution in [2.75, 3.05) is 98.1 Å². The molecular formula is C96H91N6O9+. The molecule has 0 radical (unpaired) electrons. The molecule has 9 aromatic rings. The highest BCUT2D eigenvalue weighted by Crippen LogP contribution is 2.62. The van der Waals surface area contributed by atoms with Gasteiger partial charge in [-0.3, -0.25) is 0 Å². The first-order chi connectivity index (χ1) is 54.6. The number of aryl methyl sites for hydroxylation is 6. The SMILES string of the molecule is O=C(O)c1ccccc1C1=c2cc3c4c(c2Oc2c1cc1c5c2CCCN5CCC1)CCC[N+]=4CCC3.O=C([O-])c1ccccc1C1=c2cc3c4c(c2Oc2c1cc1c5c2CCCN5CCC1)CCC[N+]=4CCC3.O=C1OC2(c3ccccc31)c1cc3c4c(c1Oc1c2cc2c5c1CCCN5CCC2)CCCN4CCC3. The zero-order valence-corrected chi connectivity index (χ0v) is 63.2. The largest absolute Gasteiger partial charge is 0.545 e. The summed E-state index contributed by atoms with van der Waals surface area (Å²) in [5, 5.41) is 27.4. The Morgan fingerprint density at radius 1 is 0.360 bits per heavy atom. The van der Waals surface area contributed by atoms with E-state index in [4.69, 9.17) is 18.9 Å². The molecule has 1 spiro atoms. The minimum atomic E-state index is -1.13. The van der Waals surface area contributed by atoms with E-state index in [1.807, 2.05) is 48.5 Å². The lowest BCUT2D eigenvalue weighted by molar-refractivity contribution is -0.255. The number of benzene rings is 9. The van der Waals surface area contributed by atoms with Gasteiger partial charge in [-0.1, -0.05) is 60.7 Å². The van der Waals surface area contributed by atoms with Gasteiger partial charge in [0.1, 0.15) is 60.7 Å². The van der Waals surface area contributed by atoms with Crippen molar-refractivity contribution < 1.29 is 43.5 Å². The number of carboxylic acid groups (broad SMARTS) is 2. The zero-order valence-electron chi connectivity index (χ0n) is 63.2. The molecule has 0 bridgehead atoms. The second kappa shape index (κ2) is 25.4. The average Bonchev–Trinajstić information content (AvgIpc) is 1.64. The fourth-order valence-electron chi connectivity index (χ4n) is 23.7. The third-order valence-corrected chi connectivity index (χ3v) is 27.9. The number of aromatic carboxylic acids is 2. The number of rotatable bonds is 4. The second-order valence-electron chi connectivity index (χ2n) is 34.0. The van der Waals surface area contributed by atoms with Gasteiger partial charge in [0.05, 0.1) is 28.2 Å². The summed E-state index contributed by atoms with van der Waals surface area (Å²) >= 11 is 0. The van der Waals surface area contributed by atoms with Crippen LogP contribution < -0.4 is 69.2 Å². The van der Waals surface area contributed by atoms with Crippen LogP contribution in [0.4, 0.5) is 22.7 Å². The maximum absolute atomic E-state index is 13.5. The summed E-state index contributed by atoms with van der Waals surface area (Å²) in [5.74, 6) is 3.50. The molecule has 0 aliphatic carbocycles. The Kier molecular flexibility index (Phi) is 15.2. The van der Waals surface area contributed by atoms with Gasteiger partial charge in [-0.2, -0.15) is 0 Å². The lowest BCUT2D eigenvalue weighted by Gasteiger charge is -2.45. The van der Waals surface area contributed by atoms with Crippen molar-refractivity contribution in [3.8, 4) is 34.5 Å². The van der Waals surface area contributed by atoms with E-state index in [0.29, 0.717) is 11.1 Å². The molecule has 15 nitrogen and oxygen atoms in total. The predicted molar refractivity (Wildman–Crippen MR) is 427 cm³/mol. The van der Waals surface area contributed by atoms with E-state index >= 15 is 0 Å². The summed E-state index contributed by atoms with van der Waals surface area (Å²) in [7, 11) is 0. The van der Waals surface area contributed by atoms with Gasteiger partial charge in [-0.25, -0.2) is 18.7 Å². The van der Waals surface area contributed by atoms with Crippen LogP contribution >= 0.6 is 0 Å². The van der Waals surface area contributed by atoms with Crippen LogP contribution in [-0.2, 0) is 87.4 Å². The lowest BCUT2D eigenvalue weighted by atomic mass is 9.73. The summed E-state index contributed by atoms with van der Waals surface area (Å²) in [6, 6.07) is 36.9. The number of anilines is 4. The molecular weight excluding hydrogens is 1380 g/mol. The molecule has 0 amide bonds. The topological polar surface area (TPSA) is 150 Å². The summed E-state index contributed by atoms with van der Waals surface area (Å²) < 4.78 is 32.9. The Bertz CT molecular complexity index is 5650. The lowest BCUT2D eigenvalue weighted by Crippen LogP contribution is -2.45. The molecule has 0 saturated carbocycles. The highest BCUT2D eigenvalue weighted by molar-refractivity contribution is 6.01. The number of carbonyl (C=O) groups is 3. The minimum absolute atomic E-state index is 0.226. The van der Waals surface area contributed by atoms with Gasteiger partial charge in [0, 0.05) is 189 Å². The molecule has 0 atom stereocenters. The molecule has 1 N–H and O–H groups in total. The van der Waals surface area contributed by atoms with Gasteiger partial charge in [-0.05, 0) is 210 Å². The number of ether oxygens (including phenoxy) is 4. The highest BCUT2D eigenvalue weighted by Gasteiger charge is 2.56. The first-order valence-electron chi connectivity index (χ1n) is 42.0. The maximum atomic E-state index is 13.5. The molecule has 111 heavy (non-hydrogen) atoms. The van der Waals surface area contributed by atoms with Crippen LogP contribution in [0.5, 0.6) is 34.5 Å². The monoisotopic (exact) mass is 1470 g/mol. The average molecular weight is 1470 g/mol. The number of hydrogen-bond donors (Lipinski definition) is 1. The van der Waals surface area contributed by atoms with Crippen LogP contribution in [0.25, 0.3) is 11.1 Å². The van der Waals surface area contributed by atoms with Crippen molar-refractivity contribution >= 4 is 51.8 Å². The molecule has 16 heterocycles. The van der Waals surface area contributed by atoms with Crippen molar-refractivity contribution in [2.45, 2.75) is 160 Å². The summed E-state index contributed by atoms with van der Waals surface area (Å²) in [5.41, 5.74) is 30.8. The van der Waals surface area contributed by atoms with Gasteiger partial charge in [-0.15, -0.1) is 0 Å². The van der Waals surface area contributed by atoms with E-state index in [9.17, 15) is 24.6 Å². The van der Waals surface area contributed by atoms with Crippen molar-refractivity contribution in [2.24, 2.45) is 0 Å². The molecule has 25 rings (SSSR count). The third kappa shape index (κ3) is 9.83. The highest BCUT2D eigenvalue weighted by atomic mass is 16.6. The molecule has 9 aromatic carbocycles. The van der Waals surface area contributed by atoms with Crippen LogP contribution in [0.1, 0.15) is 214 Å². The minimum Gasteiger partial charge on any atom is -0.545 e. The molecule has 0 fully saturated rings. The molecule has 0 unspecified atom stereocenters. The van der Waals surface area contributed by atoms with Crippen molar-refractivity contribution in [3.63, 3.8) is 0 Å². The van der Waals surface area contributed by atoms with Gasteiger partial charge in [0.25, 0.3) is 0 Å². The number of carbonyl (C=O) groups excluding carboxylic acids is 2. The van der Waals surface area contributed by atoms with Crippen LogP contribution in [0.2, 0.25) is 0 Å². The Balaban J connectivity index is 0.0000000996. The molecule has 0 saturated heterocycles. The van der Waals surface area contributed by atoms with Crippen LogP contribution in [0, 0.1) is 0 Å². The fraction of sp³-hybridized carbons (Fsp3) is 0.385. The zero-order chi connectivity index (χ0) is 73.6. The first kappa shape index (κ1) is 66.1. The third-order valence-electron chi connectivity index (χ3n) is 27.9. The molecule has 0 aromatic heterocycles. The number of hydrogen-bond acceptors (Lipinski definition) is 12. The Labute approximate surface area is 646 Å². The molecule has 16 aliphatic heterocycles. The van der Waals surface area contributed by atoms with Crippen LogP contribution in [-0.4, -0.2) is 102 Å². The van der Waals surface area contributed by atoms with Crippen molar-refractivity contribution in [3.05, 3.63) is 253 Å². The van der Waals surface area contributed by atoms with E-state index in [-0.39, 0.29) is 11.5 Å².